The number of nitrogens with zero attached hydrogens (tertiary/aromatic N) is 1. The first-order chi connectivity index (χ1) is 5.75. The molecule has 0 aromatic carbocycles. The summed E-state index contributed by atoms with van der Waals surface area (Å²) in [6.45, 7) is 2.12. The topological polar surface area (TPSA) is 38.9 Å². The highest BCUT2D eigenvalue weighted by Gasteiger charge is 2.08. The van der Waals surface area contributed by atoms with Crippen LogP contribution in [0.5, 0.6) is 0 Å². The molecule has 0 aliphatic carbocycles. The molecule has 1 heterocycles. The molecule has 1 rings (SSSR count). The molecule has 0 fully saturated rings. The van der Waals surface area contributed by atoms with E-state index in [2.05, 4.69) is 27.8 Å². The number of nitrogens with two attached hydrogens (primary N) is 1. The van der Waals surface area contributed by atoms with Gasteiger partial charge in [-0.1, -0.05) is 13.3 Å². The van der Waals surface area contributed by atoms with Crippen molar-refractivity contribution in [2.24, 2.45) is 5.73 Å². The predicted molar refractivity (Wildman–Crippen MR) is 53.8 cm³/mol. The first-order valence-electron chi connectivity index (χ1n) is 4.11. The van der Waals surface area contributed by atoms with Crippen LogP contribution in [0.2, 0.25) is 0 Å². The Labute approximate surface area is 81.3 Å². The molecule has 1 atom stereocenters. The molecule has 0 bridgehead atoms. The second kappa shape index (κ2) is 4.58. The van der Waals surface area contributed by atoms with E-state index in [9.17, 15) is 0 Å². The minimum absolute atomic E-state index is 0.0607. The zero-order chi connectivity index (χ0) is 8.97. The highest BCUT2D eigenvalue weighted by molar-refractivity contribution is 9.10. The van der Waals surface area contributed by atoms with E-state index in [-0.39, 0.29) is 6.04 Å². The second-order valence-corrected chi connectivity index (χ2v) is 3.62. The molecule has 66 valence electrons. The lowest BCUT2D eigenvalue weighted by Gasteiger charge is -2.10. The van der Waals surface area contributed by atoms with E-state index < -0.39 is 0 Å². The van der Waals surface area contributed by atoms with Crippen molar-refractivity contribution in [1.82, 2.24) is 4.98 Å². The van der Waals surface area contributed by atoms with Crippen LogP contribution in [-0.4, -0.2) is 4.98 Å². The van der Waals surface area contributed by atoms with Gasteiger partial charge in [-0.25, -0.2) is 0 Å². The van der Waals surface area contributed by atoms with Crippen LogP contribution >= 0.6 is 15.9 Å². The summed E-state index contributed by atoms with van der Waals surface area (Å²) in [5.41, 5.74) is 6.87. The smallest absolute Gasteiger partial charge is 0.0712 e. The van der Waals surface area contributed by atoms with E-state index in [1.165, 1.54) is 0 Å². The Morgan fingerprint density at radius 2 is 2.42 bits per heavy atom. The van der Waals surface area contributed by atoms with Crippen LogP contribution < -0.4 is 5.73 Å². The third kappa shape index (κ3) is 2.29. The molecule has 0 aliphatic rings. The molecular weight excluding hydrogens is 216 g/mol. The largest absolute Gasteiger partial charge is 0.323 e. The average molecular weight is 229 g/mol. The minimum Gasteiger partial charge on any atom is -0.323 e. The van der Waals surface area contributed by atoms with Crippen LogP contribution in [0.25, 0.3) is 0 Å². The van der Waals surface area contributed by atoms with Gasteiger partial charge in [0, 0.05) is 16.7 Å². The quantitative estimate of drug-likeness (QED) is 0.865. The Kier molecular flexibility index (Phi) is 3.69. The van der Waals surface area contributed by atoms with Crippen molar-refractivity contribution in [3.05, 3.63) is 28.5 Å². The van der Waals surface area contributed by atoms with Gasteiger partial charge in [-0.15, -0.1) is 0 Å². The Bertz CT molecular complexity index is 250. The molecule has 1 aromatic rings. The van der Waals surface area contributed by atoms with Crippen molar-refractivity contribution < 1.29 is 0 Å². The monoisotopic (exact) mass is 228 g/mol. The summed E-state index contributed by atoms with van der Waals surface area (Å²) in [5.74, 6) is 0. The first kappa shape index (κ1) is 9.68. The zero-order valence-corrected chi connectivity index (χ0v) is 8.71. The number of hydrogen-bond donors (Lipinski definition) is 1. The molecular formula is C9H13BrN2. The van der Waals surface area contributed by atoms with Gasteiger partial charge in [0.05, 0.1) is 5.69 Å². The summed E-state index contributed by atoms with van der Waals surface area (Å²) < 4.78 is 1.01. The van der Waals surface area contributed by atoms with Crippen molar-refractivity contribution in [3.63, 3.8) is 0 Å². The highest BCUT2D eigenvalue weighted by atomic mass is 79.9. The van der Waals surface area contributed by atoms with Crippen LogP contribution in [0.1, 0.15) is 31.5 Å². The molecule has 0 saturated carbocycles. The van der Waals surface area contributed by atoms with Gasteiger partial charge >= 0.3 is 0 Å². The molecule has 0 aliphatic heterocycles. The lowest BCUT2D eigenvalue weighted by Crippen LogP contribution is -2.11. The van der Waals surface area contributed by atoms with Gasteiger partial charge in [-0.2, -0.15) is 0 Å². The van der Waals surface area contributed by atoms with Gasteiger partial charge in [-0.05, 0) is 34.5 Å². The van der Waals surface area contributed by atoms with Gasteiger partial charge in [0.2, 0.25) is 0 Å². The maximum atomic E-state index is 5.91. The van der Waals surface area contributed by atoms with Crippen LogP contribution in [0.4, 0.5) is 0 Å². The number of pyridine rings is 1. The summed E-state index contributed by atoms with van der Waals surface area (Å²) in [6, 6.07) is 3.93. The summed E-state index contributed by atoms with van der Waals surface area (Å²) >= 11 is 3.42. The first-order valence-corrected chi connectivity index (χ1v) is 4.91. The van der Waals surface area contributed by atoms with E-state index in [1.54, 1.807) is 6.20 Å². The summed E-state index contributed by atoms with van der Waals surface area (Å²) in [4.78, 5) is 4.22. The van der Waals surface area contributed by atoms with Crippen molar-refractivity contribution in [1.29, 1.82) is 0 Å². The lowest BCUT2D eigenvalue weighted by molar-refractivity contribution is 0.619. The van der Waals surface area contributed by atoms with Crippen LogP contribution in [0.15, 0.2) is 22.8 Å². The second-order valence-electron chi connectivity index (χ2n) is 2.77. The van der Waals surface area contributed by atoms with Crippen molar-refractivity contribution in [2.75, 3.05) is 0 Å². The fraction of sp³-hybridized carbons (Fsp3) is 0.444. The molecule has 3 heteroatoms. The van der Waals surface area contributed by atoms with E-state index >= 15 is 0 Å². The summed E-state index contributed by atoms with van der Waals surface area (Å²) in [7, 11) is 0. The Morgan fingerprint density at radius 3 is 3.00 bits per heavy atom. The predicted octanol–water partition coefficient (Wildman–Crippen LogP) is 2.64. The molecule has 2 nitrogen and oxygen atoms in total. The van der Waals surface area contributed by atoms with Crippen molar-refractivity contribution in [3.8, 4) is 0 Å². The average Bonchev–Trinajstić information content (AvgIpc) is 2.05. The summed E-state index contributed by atoms with van der Waals surface area (Å²) in [5, 5.41) is 0. The standard InChI is InChI=1S/C9H13BrN2/c1-2-4-8(11)9-7(10)5-3-6-12-9/h3,5-6,8H,2,4,11H2,1H3/t8-/m0/s1. The summed E-state index contributed by atoms with van der Waals surface area (Å²) in [6.07, 6.45) is 3.84. The van der Waals surface area contributed by atoms with E-state index in [1.807, 2.05) is 12.1 Å². The van der Waals surface area contributed by atoms with Crippen LogP contribution in [0.3, 0.4) is 0 Å². The van der Waals surface area contributed by atoms with E-state index in [0.717, 1.165) is 23.0 Å². The molecule has 0 radical (unpaired) electrons. The number of hydrogen-bond acceptors (Lipinski definition) is 2. The normalized spacial score (nSPS) is 12.9. The molecule has 1 aromatic heterocycles. The van der Waals surface area contributed by atoms with Gasteiger partial charge in [-0.3, -0.25) is 4.98 Å². The zero-order valence-electron chi connectivity index (χ0n) is 7.13. The fourth-order valence-electron chi connectivity index (χ4n) is 1.12. The molecule has 0 unspecified atom stereocenters. The third-order valence-corrected chi connectivity index (χ3v) is 2.41. The molecule has 2 N–H and O–H groups in total. The van der Waals surface area contributed by atoms with Gasteiger partial charge in [0.15, 0.2) is 0 Å². The maximum Gasteiger partial charge on any atom is 0.0712 e. The lowest BCUT2D eigenvalue weighted by atomic mass is 10.1. The molecule has 0 amide bonds. The fourth-order valence-corrected chi connectivity index (χ4v) is 1.67. The minimum atomic E-state index is 0.0607. The Balaban J connectivity index is 2.79. The SMILES string of the molecule is CCC[C@H](N)c1ncccc1Br. The van der Waals surface area contributed by atoms with Gasteiger partial charge in [0.25, 0.3) is 0 Å². The van der Waals surface area contributed by atoms with E-state index in [0.29, 0.717) is 0 Å². The Morgan fingerprint density at radius 1 is 1.67 bits per heavy atom. The molecule has 0 saturated heterocycles. The highest BCUT2D eigenvalue weighted by Crippen LogP contribution is 2.21. The van der Waals surface area contributed by atoms with Crippen molar-refractivity contribution >= 4 is 15.9 Å². The number of rotatable bonds is 3. The molecule has 12 heavy (non-hydrogen) atoms. The maximum absolute atomic E-state index is 5.91. The third-order valence-electron chi connectivity index (χ3n) is 1.74. The van der Waals surface area contributed by atoms with Gasteiger partial charge < -0.3 is 5.73 Å². The Hall–Kier alpha value is -0.410. The number of aromatic nitrogens is 1. The molecule has 0 spiro atoms. The van der Waals surface area contributed by atoms with E-state index in [4.69, 9.17) is 5.73 Å². The van der Waals surface area contributed by atoms with Crippen LogP contribution in [0, 0.1) is 0 Å². The van der Waals surface area contributed by atoms with Crippen LogP contribution in [-0.2, 0) is 0 Å². The van der Waals surface area contributed by atoms with Gasteiger partial charge in [0.1, 0.15) is 0 Å². The van der Waals surface area contributed by atoms with Crippen molar-refractivity contribution in [2.45, 2.75) is 25.8 Å². The number of halogens is 1.